The van der Waals surface area contributed by atoms with Crippen LogP contribution < -0.4 is 5.56 Å². The second kappa shape index (κ2) is 6.29. The number of rotatable bonds is 3. The Bertz CT molecular complexity index is 958. The molecule has 3 aromatic rings. The first kappa shape index (κ1) is 15.8. The minimum Gasteiger partial charge on any atom is -0.294 e. The second-order valence-corrected chi connectivity index (χ2v) is 6.58. The monoisotopic (exact) mass is 335 g/mol. The molecule has 0 aliphatic carbocycles. The summed E-state index contributed by atoms with van der Waals surface area (Å²) in [7, 11) is 3.66. The SMILES string of the molecule is Cn1cc(CN2CCc3nn(C)c(=O)cc3C2)c(-c2ccccc2)n1. The third kappa shape index (κ3) is 3.13. The molecule has 0 radical (unpaired) electrons. The van der Waals surface area contributed by atoms with E-state index in [9.17, 15) is 4.79 Å². The highest BCUT2D eigenvalue weighted by Gasteiger charge is 2.21. The van der Waals surface area contributed by atoms with E-state index in [4.69, 9.17) is 0 Å². The van der Waals surface area contributed by atoms with Crippen molar-refractivity contribution in [3.63, 3.8) is 0 Å². The van der Waals surface area contributed by atoms with Gasteiger partial charge in [0, 0.05) is 63.5 Å². The first-order valence-electron chi connectivity index (χ1n) is 8.46. The molecule has 128 valence electrons. The lowest BCUT2D eigenvalue weighted by Gasteiger charge is -2.27. The van der Waals surface area contributed by atoms with E-state index in [0.29, 0.717) is 0 Å². The Kier molecular flexibility index (Phi) is 3.97. The van der Waals surface area contributed by atoms with Crippen molar-refractivity contribution in [1.82, 2.24) is 24.5 Å². The van der Waals surface area contributed by atoms with Gasteiger partial charge in [0.2, 0.25) is 0 Å². The van der Waals surface area contributed by atoms with Gasteiger partial charge in [0.05, 0.1) is 11.4 Å². The van der Waals surface area contributed by atoms with Crippen molar-refractivity contribution < 1.29 is 0 Å². The van der Waals surface area contributed by atoms with Gasteiger partial charge in [-0.05, 0) is 5.56 Å². The summed E-state index contributed by atoms with van der Waals surface area (Å²) < 4.78 is 3.29. The molecule has 6 nitrogen and oxygen atoms in total. The molecule has 6 heteroatoms. The third-order valence-electron chi connectivity index (χ3n) is 4.66. The van der Waals surface area contributed by atoms with Crippen LogP contribution in [-0.4, -0.2) is 31.0 Å². The first-order valence-corrected chi connectivity index (χ1v) is 8.46. The maximum atomic E-state index is 11.9. The summed E-state index contributed by atoms with van der Waals surface area (Å²) in [6, 6.07) is 12.0. The van der Waals surface area contributed by atoms with Crippen LogP contribution in [0.2, 0.25) is 0 Å². The van der Waals surface area contributed by atoms with Crippen molar-refractivity contribution in [2.75, 3.05) is 6.54 Å². The van der Waals surface area contributed by atoms with Gasteiger partial charge >= 0.3 is 0 Å². The Balaban J connectivity index is 1.60. The largest absolute Gasteiger partial charge is 0.294 e. The topological polar surface area (TPSA) is 56.0 Å². The van der Waals surface area contributed by atoms with Crippen LogP contribution >= 0.6 is 0 Å². The molecule has 0 saturated heterocycles. The van der Waals surface area contributed by atoms with E-state index in [0.717, 1.165) is 48.6 Å². The van der Waals surface area contributed by atoms with Crippen molar-refractivity contribution in [1.29, 1.82) is 0 Å². The Morgan fingerprint density at radius 1 is 1.12 bits per heavy atom. The number of benzene rings is 1. The smallest absolute Gasteiger partial charge is 0.266 e. The summed E-state index contributed by atoms with van der Waals surface area (Å²) in [5.74, 6) is 0. The van der Waals surface area contributed by atoms with Gasteiger partial charge in [-0.2, -0.15) is 10.2 Å². The van der Waals surface area contributed by atoms with E-state index in [2.05, 4.69) is 33.4 Å². The van der Waals surface area contributed by atoms with Crippen molar-refractivity contribution in [2.45, 2.75) is 19.5 Å². The predicted molar refractivity (Wildman–Crippen MR) is 95.9 cm³/mol. The summed E-state index contributed by atoms with van der Waals surface area (Å²) >= 11 is 0. The van der Waals surface area contributed by atoms with Gasteiger partial charge in [-0.1, -0.05) is 30.3 Å². The van der Waals surface area contributed by atoms with Gasteiger partial charge in [-0.3, -0.25) is 14.4 Å². The van der Waals surface area contributed by atoms with Crippen LogP contribution in [0.4, 0.5) is 0 Å². The van der Waals surface area contributed by atoms with Crippen molar-refractivity contribution >= 4 is 0 Å². The van der Waals surface area contributed by atoms with Gasteiger partial charge in [-0.25, -0.2) is 4.68 Å². The Labute approximate surface area is 146 Å². The highest BCUT2D eigenvalue weighted by Crippen LogP contribution is 2.25. The number of aryl methyl sites for hydroxylation is 2. The quantitative estimate of drug-likeness (QED) is 0.732. The lowest BCUT2D eigenvalue weighted by molar-refractivity contribution is 0.241. The zero-order valence-corrected chi connectivity index (χ0v) is 14.5. The molecule has 0 bridgehead atoms. The first-order chi connectivity index (χ1) is 12.1. The normalized spacial score (nSPS) is 14.5. The average molecular weight is 335 g/mol. The molecule has 0 unspecified atom stereocenters. The fourth-order valence-corrected chi connectivity index (χ4v) is 3.42. The fraction of sp³-hybridized carbons (Fsp3) is 0.316. The van der Waals surface area contributed by atoms with E-state index >= 15 is 0 Å². The van der Waals surface area contributed by atoms with Gasteiger partial charge < -0.3 is 0 Å². The van der Waals surface area contributed by atoms with E-state index in [-0.39, 0.29) is 5.56 Å². The minimum atomic E-state index is -0.0491. The highest BCUT2D eigenvalue weighted by molar-refractivity contribution is 5.62. The predicted octanol–water partition coefficient (Wildman–Crippen LogP) is 1.74. The van der Waals surface area contributed by atoms with Crippen LogP contribution in [0.5, 0.6) is 0 Å². The van der Waals surface area contributed by atoms with Gasteiger partial charge in [0.15, 0.2) is 0 Å². The summed E-state index contributed by atoms with van der Waals surface area (Å²) in [6.45, 7) is 2.50. The number of aromatic nitrogens is 4. The number of fused-ring (bicyclic) bond motifs is 1. The molecular formula is C19H21N5O. The molecule has 0 saturated carbocycles. The summed E-state index contributed by atoms with van der Waals surface area (Å²) in [5, 5.41) is 9.03. The van der Waals surface area contributed by atoms with Crippen molar-refractivity contribution in [3.8, 4) is 11.3 Å². The summed E-state index contributed by atoms with van der Waals surface area (Å²) in [4.78, 5) is 14.2. The number of hydrogen-bond acceptors (Lipinski definition) is 4. The van der Waals surface area contributed by atoms with E-state index in [1.165, 1.54) is 10.2 Å². The molecule has 4 rings (SSSR count). The molecule has 0 spiro atoms. The van der Waals surface area contributed by atoms with Gasteiger partial charge in [0.25, 0.3) is 5.56 Å². The zero-order valence-electron chi connectivity index (χ0n) is 14.5. The van der Waals surface area contributed by atoms with E-state index in [1.54, 1.807) is 13.1 Å². The molecule has 1 aromatic carbocycles. The van der Waals surface area contributed by atoms with E-state index in [1.807, 2.05) is 29.9 Å². The van der Waals surface area contributed by atoms with Crippen molar-refractivity contribution in [2.24, 2.45) is 14.1 Å². The van der Waals surface area contributed by atoms with E-state index < -0.39 is 0 Å². The molecule has 0 amide bonds. The van der Waals surface area contributed by atoms with Crippen LogP contribution in [0, 0.1) is 0 Å². The van der Waals surface area contributed by atoms with Crippen LogP contribution in [0.25, 0.3) is 11.3 Å². The van der Waals surface area contributed by atoms with Crippen molar-refractivity contribution in [3.05, 3.63) is 69.8 Å². The summed E-state index contributed by atoms with van der Waals surface area (Å²) in [5.41, 5.74) is 5.38. The lowest BCUT2D eigenvalue weighted by atomic mass is 10.0. The van der Waals surface area contributed by atoms with Crippen LogP contribution in [0.15, 0.2) is 47.4 Å². The standard InChI is InChI=1S/C19H21N5O/c1-22-11-16(19(21-22)14-6-4-3-5-7-14)13-24-9-8-17-15(12-24)10-18(25)23(2)20-17/h3-7,10-11H,8-9,12-13H2,1-2H3. The molecule has 1 aliphatic rings. The number of hydrogen-bond donors (Lipinski definition) is 0. The van der Waals surface area contributed by atoms with Gasteiger partial charge in [-0.15, -0.1) is 0 Å². The molecule has 1 aliphatic heterocycles. The summed E-state index contributed by atoms with van der Waals surface area (Å²) in [6.07, 6.45) is 2.95. The molecular weight excluding hydrogens is 314 g/mol. The molecule has 3 heterocycles. The maximum Gasteiger partial charge on any atom is 0.266 e. The number of nitrogens with zero attached hydrogens (tertiary/aromatic N) is 5. The second-order valence-electron chi connectivity index (χ2n) is 6.58. The molecule has 2 aromatic heterocycles. The molecule has 0 atom stereocenters. The lowest BCUT2D eigenvalue weighted by Crippen LogP contribution is -2.34. The molecule has 25 heavy (non-hydrogen) atoms. The zero-order chi connectivity index (χ0) is 17.4. The van der Waals surface area contributed by atoms with Crippen LogP contribution in [0.3, 0.4) is 0 Å². The van der Waals surface area contributed by atoms with Crippen LogP contribution in [0.1, 0.15) is 16.8 Å². The Morgan fingerprint density at radius 3 is 2.72 bits per heavy atom. The van der Waals surface area contributed by atoms with Crippen LogP contribution in [-0.2, 0) is 33.6 Å². The third-order valence-corrected chi connectivity index (χ3v) is 4.66. The minimum absolute atomic E-state index is 0.0491. The molecule has 0 fully saturated rings. The Hall–Kier alpha value is -2.73. The molecule has 0 N–H and O–H groups in total. The fourth-order valence-electron chi connectivity index (χ4n) is 3.42. The average Bonchev–Trinajstić information content (AvgIpc) is 2.97. The Morgan fingerprint density at radius 2 is 1.92 bits per heavy atom. The highest BCUT2D eigenvalue weighted by atomic mass is 16.1. The maximum absolute atomic E-state index is 11.9. The van der Waals surface area contributed by atoms with Gasteiger partial charge in [0.1, 0.15) is 0 Å².